The monoisotopic (exact) mass is 252 g/mol. The van der Waals surface area contributed by atoms with E-state index in [1.807, 2.05) is 37.3 Å². The summed E-state index contributed by atoms with van der Waals surface area (Å²) in [6.07, 6.45) is 0. The zero-order chi connectivity index (χ0) is 13.2. The molecule has 2 aromatic rings. The molecule has 3 rings (SSSR count). The van der Waals surface area contributed by atoms with E-state index >= 15 is 0 Å². The summed E-state index contributed by atoms with van der Waals surface area (Å²) >= 11 is 0. The van der Waals surface area contributed by atoms with Crippen molar-refractivity contribution in [3.8, 4) is 16.9 Å². The van der Waals surface area contributed by atoms with Gasteiger partial charge in [-0.2, -0.15) is 0 Å². The molecule has 0 saturated carbocycles. The molecule has 0 aromatic heterocycles. The number of amidine groups is 1. The van der Waals surface area contributed by atoms with E-state index in [0.717, 1.165) is 35.6 Å². The Hall–Kier alpha value is -2.29. The Morgan fingerprint density at radius 2 is 2.00 bits per heavy atom. The maximum Gasteiger partial charge on any atom is 0.128 e. The second-order valence-corrected chi connectivity index (χ2v) is 4.76. The number of aryl methyl sites for hydroxylation is 1. The average molecular weight is 252 g/mol. The van der Waals surface area contributed by atoms with Gasteiger partial charge in [-0.3, -0.25) is 4.99 Å². The lowest BCUT2D eigenvalue weighted by Gasteiger charge is -2.09. The quantitative estimate of drug-likeness (QED) is 0.863. The lowest BCUT2D eigenvalue weighted by atomic mass is 10.00. The van der Waals surface area contributed by atoms with E-state index in [2.05, 4.69) is 16.4 Å². The first-order chi connectivity index (χ1) is 9.24. The summed E-state index contributed by atoms with van der Waals surface area (Å²) in [5.41, 5.74) is 4.07. The Labute approximate surface area is 112 Å². The lowest BCUT2D eigenvalue weighted by Crippen LogP contribution is -2.19. The van der Waals surface area contributed by atoms with E-state index in [-0.39, 0.29) is 0 Å². The number of aromatic hydroxyl groups is 1. The summed E-state index contributed by atoms with van der Waals surface area (Å²) in [5, 5.41) is 13.3. The van der Waals surface area contributed by atoms with E-state index in [0.29, 0.717) is 5.75 Å². The van der Waals surface area contributed by atoms with Crippen LogP contribution in [0.1, 0.15) is 11.1 Å². The number of phenolic OH excluding ortho intramolecular Hbond substituents is 1. The molecule has 1 aliphatic heterocycles. The summed E-state index contributed by atoms with van der Waals surface area (Å²) in [6, 6.07) is 13.7. The van der Waals surface area contributed by atoms with Gasteiger partial charge in [0.25, 0.3) is 0 Å². The smallest absolute Gasteiger partial charge is 0.128 e. The number of phenols is 1. The normalized spacial score (nSPS) is 14.1. The van der Waals surface area contributed by atoms with Gasteiger partial charge in [0.05, 0.1) is 6.54 Å². The van der Waals surface area contributed by atoms with Crippen LogP contribution >= 0.6 is 0 Å². The second kappa shape index (κ2) is 4.76. The van der Waals surface area contributed by atoms with Crippen LogP contribution < -0.4 is 5.32 Å². The highest BCUT2D eigenvalue weighted by atomic mass is 16.3. The third-order valence-electron chi connectivity index (χ3n) is 3.27. The summed E-state index contributed by atoms with van der Waals surface area (Å²) in [4.78, 5) is 4.41. The minimum atomic E-state index is 0.299. The van der Waals surface area contributed by atoms with Crippen LogP contribution in [0.3, 0.4) is 0 Å². The first kappa shape index (κ1) is 11.8. The topological polar surface area (TPSA) is 44.6 Å². The van der Waals surface area contributed by atoms with Crippen LogP contribution in [-0.2, 0) is 0 Å². The van der Waals surface area contributed by atoms with Gasteiger partial charge in [0.2, 0.25) is 0 Å². The fraction of sp³-hybridized carbons (Fsp3) is 0.188. The number of rotatable bonds is 2. The fourth-order valence-electron chi connectivity index (χ4n) is 2.32. The van der Waals surface area contributed by atoms with Crippen LogP contribution in [-0.4, -0.2) is 24.0 Å². The van der Waals surface area contributed by atoms with E-state index in [1.165, 1.54) is 5.56 Å². The number of nitrogens with zero attached hydrogens (tertiary/aromatic N) is 1. The predicted molar refractivity (Wildman–Crippen MR) is 77.7 cm³/mol. The van der Waals surface area contributed by atoms with Crippen molar-refractivity contribution in [2.45, 2.75) is 6.92 Å². The van der Waals surface area contributed by atoms with Crippen molar-refractivity contribution in [1.29, 1.82) is 0 Å². The summed E-state index contributed by atoms with van der Waals surface area (Å²) in [6.45, 7) is 3.75. The van der Waals surface area contributed by atoms with Crippen LogP contribution in [0.4, 0.5) is 0 Å². The van der Waals surface area contributed by atoms with Crippen LogP contribution in [0.5, 0.6) is 5.75 Å². The van der Waals surface area contributed by atoms with Crippen LogP contribution in [0, 0.1) is 6.92 Å². The lowest BCUT2D eigenvalue weighted by molar-refractivity contribution is 0.477. The SMILES string of the molecule is Cc1cccc(-c2cc(C3=NCCN3)ccc2O)c1. The standard InChI is InChI=1S/C16H16N2O/c1-11-3-2-4-12(9-11)14-10-13(5-6-15(14)19)16-17-7-8-18-16/h2-6,9-10,19H,7-8H2,1H3,(H,17,18). The number of nitrogens with one attached hydrogen (secondary N) is 1. The molecule has 0 unspecified atom stereocenters. The maximum absolute atomic E-state index is 10.1. The van der Waals surface area contributed by atoms with Gasteiger partial charge in [-0.05, 0) is 30.7 Å². The highest BCUT2D eigenvalue weighted by molar-refractivity contribution is 6.01. The van der Waals surface area contributed by atoms with E-state index in [9.17, 15) is 5.11 Å². The van der Waals surface area contributed by atoms with Crippen molar-refractivity contribution < 1.29 is 5.11 Å². The van der Waals surface area contributed by atoms with Gasteiger partial charge in [0.15, 0.2) is 0 Å². The van der Waals surface area contributed by atoms with E-state index < -0.39 is 0 Å². The molecule has 3 nitrogen and oxygen atoms in total. The molecule has 2 N–H and O–H groups in total. The molecular formula is C16H16N2O. The highest BCUT2D eigenvalue weighted by Gasteiger charge is 2.11. The summed E-state index contributed by atoms with van der Waals surface area (Å²) in [7, 11) is 0. The molecule has 0 bridgehead atoms. The van der Waals surface area contributed by atoms with Crippen molar-refractivity contribution in [2.24, 2.45) is 4.99 Å². The second-order valence-electron chi connectivity index (χ2n) is 4.76. The molecule has 96 valence electrons. The van der Waals surface area contributed by atoms with Crippen LogP contribution in [0.15, 0.2) is 47.5 Å². The van der Waals surface area contributed by atoms with Gasteiger partial charge in [0.1, 0.15) is 11.6 Å². The molecule has 1 aliphatic rings. The molecule has 0 aliphatic carbocycles. The highest BCUT2D eigenvalue weighted by Crippen LogP contribution is 2.30. The number of hydrogen-bond donors (Lipinski definition) is 2. The molecule has 0 atom stereocenters. The maximum atomic E-state index is 10.1. The molecule has 0 saturated heterocycles. The average Bonchev–Trinajstić information content (AvgIpc) is 2.93. The van der Waals surface area contributed by atoms with Gasteiger partial charge in [-0.15, -0.1) is 0 Å². The third kappa shape index (κ3) is 2.32. The molecule has 19 heavy (non-hydrogen) atoms. The van der Waals surface area contributed by atoms with Crippen LogP contribution in [0.2, 0.25) is 0 Å². The largest absolute Gasteiger partial charge is 0.507 e. The zero-order valence-corrected chi connectivity index (χ0v) is 10.9. The van der Waals surface area contributed by atoms with Crippen molar-refractivity contribution in [3.63, 3.8) is 0 Å². The Morgan fingerprint density at radius 1 is 1.11 bits per heavy atom. The fourth-order valence-corrected chi connectivity index (χ4v) is 2.32. The van der Waals surface area contributed by atoms with Crippen molar-refractivity contribution in [1.82, 2.24) is 5.32 Å². The molecule has 0 spiro atoms. The number of hydrogen-bond acceptors (Lipinski definition) is 3. The van der Waals surface area contributed by atoms with Crippen molar-refractivity contribution in [3.05, 3.63) is 53.6 Å². The van der Waals surface area contributed by atoms with Gasteiger partial charge in [-0.1, -0.05) is 29.8 Å². The molecule has 0 fully saturated rings. The first-order valence-electron chi connectivity index (χ1n) is 6.43. The Balaban J connectivity index is 2.07. The van der Waals surface area contributed by atoms with Crippen molar-refractivity contribution >= 4 is 5.84 Å². The number of aliphatic imine (C=N–C) groups is 1. The Morgan fingerprint density at radius 3 is 2.74 bits per heavy atom. The van der Waals surface area contributed by atoms with Gasteiger partial charge >= 0.3 is 0 Å². The summed E-state index contributed by atoms with van der Waals surface area (Å²) < 4.78 is 0. The minimum absolute atomic E-state index is 0.299. The van der Waals surface area contributed by atoms with Gasteiger partial charge in [-0.25, -0.2) is 0 Å². The Bertz CT molecular complexity index is 647. The molecule has 0 amide bonds. The van der Waals surface area contributed by atoms with Crippen LogP contribution in [0.25, 0.3) is 11.1 Å². The summed E-state index contributed by atoms with van der Waals surface area (Å²) in [5.74, 6) is 1.21. The van der Waals surface area contributed by atoms with E-state index in [1.54, 1.807) is 6.07 Å². The molecule has 0 radical (unpaired) electrons. The van der Waals surface area contributed by atoms with E-state index in [4.69, 9.17) is 0 Å². The molecule has 3 heteroatoms. The first-order valence-corrected chi connectivity index (χ1v) is 6.43. The predicted octanol–water partition coefficient (Wildman–Crippen LogP) is 2.72. The molecule has 1 heterocycles. The number of benzene rings is 2. The molecule has 2 aromatic carbocycles. The molecular weight excluding hydrogens is 236 g/mol. The van der Waals surface area contributed by atoms with Gasteiger partial charge < -0.3 is 10.4 Å². The minimum Gasteiger partial charge on any atom is -0.507 e. The van der Waals surface area contributed by atoms with Crippen molar-refractivity contribution in [2.75, 3.05) is 13.1 Å². The zero-order valence-electron chi connectivity index (χ0n) is 10.9. The third-order valence-corrected chi connectivity index (χ3v) is 3.27. The van der Waals surface area contributed by atoms with Gasteiger partial charge in [0, 0.05) is 17.7 Å². The Kier molecular flexibility index (Phi) is 2.95.